The molecule has 0 saturated carbocycles. The van der Waals surface area contributed by atoms with Crippen molar-refractivity contribution >= 4 is 32.3 Å². The van der Waals surface area contributed by atoms with Crippen molar-refractivity contribution in [2.75, 3.05) is 0 Å². The maximum atomic E-state index is 5.33. The van der Waals surface area contributed by atoms with Gasteiger partial charge in [0.15, 0.2) is 5.82 Å². The molecule has 3 heteroatoms. The average Bonchev–Trinajstić information content (AvgIpc) is 3.60. The highest BCUT2D eigenvalue weighted by Crippen LogP contribution is 2.55. The molecule has 3 nitrogen and oxygen atoms in total. The Bertz CT molecular complexity index is 3590. The Balaban J connectivity index is 1.01. The molecule has 0 N–H and O–H groups in total. The molecule has 1 aliphatic carbocycles. The Hall–Kier alpha value is -8.01. The Kier molecular flexibility index (Phi) is 8.52. The normalized spacial score (nSPS) is 12.7. The highest BCUT2D eigenvalue weighted by molar-refractivity contribution is 6.13. The topological polar surface area (TPSA) is 38.7 Å². The van der Waals surface area contributed by atoms with Gasteiger partial charge in [-0.2, -0.15) is 0 Å². The first-order valence-electron chi connectivity index (χ1n) is 21.7. The molecule has 0 fully saturated rings. The summed E-state index contributed by atoms with van der Waals surface area (Å²) in [4.78, 5) is 15.0. The van der Waals surface area contributed by atoms with Crippen molar-refractivity contribution in [3.05, 3.63) is 224 Å². The summed E-state index contributed by atoms with van der Waals surface area (Å²) < 4.78 is 0. The molecular weight excluding hydrogens is 763 g/mol. The van der Waals surface area contributed by atoms with E-state index in [1.807, 2.05) is 18.3 Å². The van der Waals surface area contributed by atoms with Gasteiger partial charge in [0.1, 0.15) is 0 Å². The van der Waals surface area contributed by atoms with Crippen LogP contribution in [0.1, 0.15) is 25.0 Å². The third-order valence-corrected chi connectivity index (χ3v) is 13.2. The van der Waals surface area contributed by atoms with Gasteiger partial charge in [-0.05, 0) is 107 Å². The fraction of sp³-hybridized carbons (Fsp3) is 0.0500. The first-order chi connectivity index (χ1) is 31.0. The second-order valence-electron chi connectivity index (χ2n) is 17.1. The van der Waals surface area contributed by atoms with Gasteiger partial charge in [0.05, 0.1) is 11.4 Å². The van der Waals surface area contributed by atoms with Crippen molar-refractivity contribution in [2.45, 2.75) is 19.3 Å². The molecule has 1 aliphatic rings. The van der Waals surface area contributed by atoms with Gasteiger partial charge >= 0.3 is 0 Å². The molecule has 0 amide bonds. The zero-order valence-electron chi connectivity index (χ0n) is 35.0. The monoisotopic (exact) mass is 803 g/mol. The van der Waals surface area contributed by atoms with Crippen molar-refractivity contribution in [2.24, 2.45) is 0 Å². The number of hydrogen-bond donors (Lipinski definition) is 0. The molecule has 11 aromatic rings. The molecule has 0 spiro atoms. The largest absolute Gasteiger partial charge is 0.264 e. The number of fused-ring (bicyclic) bond motifs is 7. The van der Waals surface area contributed by atoms with Gasteiger partial charge < -0.3 is 0 Å². The van der Waals surface area contributed by atoms with Crippen LogP contribution in [0.3, 0.4) is 0 Å². The molecule has 2 aromatic heterocycles. The third-order valence-electron chi connectivity index (χ3n) is 13.2. The minimum Gasteiger partial charge on any atom is -0.264 e. The standard InChI is InChI=1S/C60H41N3/c1-60(2)54-33-28-38-15-6-7-21-43(38)57(54)53-27-13-26-51(58(53)60)50-30-29-48(44-22-8-9-23-45(44)50)49-31-32-52(47-25-11-10-24-46(47)49)59-62-55(39-16-4-3-5-17-39)36-56(63-59)41-19-12-18-40(35-41)42-20-14-34-61-37-42/h3-37H,1-2H3. The van der Waals surface area contributed by atoms with Gasteiger partial charge in [-0.25, -0.2) is 9.97 Å². The van der Waals surface area contributed by atoms with Crippen LogP contribution in [0.25, 0.3) is 111 Å². The van der Waals surface area contributed by atoms with Crippen LogP contribution in [0.4, 0.5) is 0 Å². The maximum Gasteiger partial charge on any atom is 0.161 e. The van der Waals surface area contributed by atoms with Gasteiger partial charge in [-0.1, -0.05) is 190 Å². The first-order valence-corrected chi connectivity index (χ1v) is 21.7. The van der Waals surface area contributed by atoms with E-state index < -0.39 is 0 Å². The summed E-state index contributed by atoms with van der Waals surface area (Å²) in [5, 5.41) is 7.33. The van der Waals surface area contributed by atoms with E-state index in [0.717, 1.165) is 50.0 Å². The summed E-state index contributed by atoms with van der Waals surface area (Å²) in [6.45, 7) is 4.78. The zero-order valence-corrected chi connectivity index (χ0v) is 35.0. The summed E-state index contributed by atoms with van der Waals surface area (Å²) in [5.74, 6) is 0.690. The van der Waals surface area contributed by atoms with Crippen molar-refractivity contribution in [1.82, 2.24) is 15.0 Å². The summed E-state index contributed by atoms with van der Waals surface area (Å²) in [6, 6.07) is 72.2. The van der Waals surface area contributed by atoms with E-state index >= 15 is 0 Å². The van der Waals surface area contributed by atoms with Crippen LogP contribution in [-0.4, -0.2) is 15.0 Å². The summed E-state index contributed by atoms with van der Waals surface area (Å²) in [5.41, 5.74) is 17.2. The van der Waals surface area contributed by atoms with E-state index in [9.17, 15) is 0 Å². The van der Waals surface area contributed by atoms with E-state index in [4.69, 9.17) is 9.97 Å². The fourth-order valence-corrected chi connectivity index (χ4v) is 10.2. The fourth-order valence-electron chi connectivity index (χ4n) is 10.2. The maximum absolute atomic E-state index is 5.33. The molecule has 12 rings (SSSR count). The minimum absolute atomic E-state index is 0.168. The van der Waals surface area contributed by atoms with Crippen LogP contribution in [0, 0.1) is 0 Å². The molecule has 0 saturated heterocycles. The van der Waals surface area contributed by atoms with E-state index in [0.29, 0.717) is 5.82 Å². The quantitative estimate of drug-likeness (QED) is 0.168. The second kappa shape index (κ2) is 14.6. The molecule has 2 heterocycles. The Morgan fingerprint density at radius 2 is 0.905 bits per heavy atom. The van der Waals surface area contributed by atoms with Crippen molar-refractivity contribution in [3.63, 3.8) is 0 Å². The Morgan fingerprint density at radius 1 is 0.365 bits per heavy atom. The SMILES string of the molecule is CC1(C)c2ccc3ccccc3c2-c2cccc(-c3ccc(-c4ccc(-c5nc(-c6ccccc6)cc(-c6cccc(-c7cccnc7)c6)n5)c5ccccc45)c4ccccc34)c21. The third kappa shape index (κ3) is 6.00. The van der Waals surface area contributed by atoms with E-state index in [1.54, 1.807) is 6.20 Å². The highest BCUT2D eigenvalue weighted by atomic mass is 14.9. The highest BCUT2D eigenvalue weighted by Gasteiger charge is 2.38. The number of pyridine rings is 1. The first kappa shape index (κ1) is 36.8. The van der Waals surface area contributed by atoms with Crippen LogP contribution in [-0.2, 0) is 5.41 Å². The van der Waals surface area contributed by atoms with E-state index in [1.165, 1.54) is 66.1 Å². The van der Waals surface area contributed by atoms with Crippen molar-refractivity contribution < 1.29 is 0 Å². The predicted molar refractivity (Wildman–Crippen MR) is 263 cm³/mol. The molecule has 296 valence electrons. The molecule has 0 unspecified atom stereocenters. The summed E-state index contributed by atoms with van der Waals surface area (Å²) in [7, 11) is 0. The van der Waals surface area contributed by atoms with Crippen LogP contribution in [0.2, 0.25) is 0 Å². The van der Waals surface area contributed by atoms with Crippen molar-refractivity contribution in [1.29, 1.82) is 0 Å². The minimum atomic E-state index is -0.168. The number of hydrogen-bond acceptors (Lipinski definition) is 3. The Morgan fingerprint density at radius 3 is 1.60 bits per heavy atom. The van der Waals surface area contributed by atoms with Gasteiger partial charge in [0.2, 0.25) is 0 Å². The summed E-state index contributed by atoms with van der Waals surface area (Å²) >= 11 is 0. The summed E-state index contributed by atoms with van der Waals surface area (Å²) in [6.07, 6.45) is 3.71. The van der Waals surface area contributed by atoms with E-state index in [2.05, 4.69) is 207 Å². The molecule has 0 radical (unpaired) electrons. The van der Waals surface area contributed by atoms with Crippen LogP contribution in [0.15, 0.2) is 213 Å². The van der Waals surface area contributed by atoms with Crippen molar-refractivity contribution in [3.8, 4) is 78.4 Å². The lowest BCUT2D eigenvalue weighted by molar-refractivity contribution is 0.662. The van der Waals surface area contributed by atoms with Crippen LogP contribution < -0.4 is 0 Å². The second-order valence-corrected chi connectivity index (χ2v) is 17.1. The number of nitrogens with zero attached hydrogens (tertiary/aromatic N) is 3. The molecule has 0 aliphatic heterocycles. The molecule has 9 aromatic carbocycles. The van der Waals surface area contributed by atoms with Gasteiger partial charge in [0.25, 0.3) is 0 Å². The zero-order chi connectivity index (χ0) is 42.1. The lowest BCUT2D eigenvalue weighted by atomic mass is 9.78. The number of aromatic nitrogens is 3. The van der Waals surface area contributed by atoms with Crippen LogP contribution >= 0.6 is 0 Å². The molecular formula is C60H41N3. The van der Waals surface area contributed by atoms with Gasteiger partial charge in [0, 0.05) is 40.1 Å². The van der Waals surface area contributed by atoms with Gasteiger partial charge in [-0.3, -0.25) is 4.98 Å². The number of rotatable bonds is 6. The molecule has 0 bridgehead atoms. The predicted octanol–water partition coefficient (Wildman–Crippen LogP) is 15.6. The van der Waals surface area contributed by atoms with E-state index in [-0.39, 0.29) is 5.41 Å². The Labute approximate surface area is 367 Å². The van der Waals surface area contributed by atoms with Gasteiger partial charge in [-0.15, -0.1) is 0 Å². The number of benzene rings is 9. The lowest BCUT2D eigenvalue weighted by Gasteiger charge is -2.25. The molecule has 0 atom stereocenters. The lowest BCUT2D eigenvalue weighted by Crippen LogP contribution is -2.16. The average molecular weight is 804 g/mol. The van der Waals surface area contributed by atoms with Crippen LogP contribution in [0.5, 0.6) is 0 Å². The molecule has 63 heavy (non-hydrogen) atoms. The smallest absolute Gasteiger partial charge is 0.161 e.